The van der Waals surface area contributed by atoms with Crippen molar-refractivity contribution >= 4 is 17.5 Å². The predicted molar refractivity (Wildman–Crippen MR) is 110 cm³/mol. The maximum Gasteiger partial charge on any atom is 0.573 e. The van der Waals surface area contributed by atoms with E-state index in [9.17, 15) is 26.3 Å². The summed E-state index contributed by atoms with van der Waals surface area (Å²) in [5.74, 6) is -0.0180. The number of benzene rings is 2. The Morgan fingerprint density at radius 2 is 1.70 bits per heavy atom. The molecule has 11 heteroatoms. The molecule has 0 amide bonds. The molecule has 0 atom stereocenters. The van der Waals surface area contributed by atoms with Crippen molar-refractivity contribution in [3.63, 3.8) is 0 Å². The molecule has 1 heterocycles. The molecule has 0 unspecified atom stereocenters. The number of hydrogen-bond donors (Lipinski definition) is 2. The molecule has 1 aliphatic carbocycles. The molecule has 2 aromatic carbocycles. The first-order chi connectivity index (χ1) is 15.5. The summed E-state index contributed by atoms with van der Waals surface area (Å²) in [5.41, 5.74) is 0.523. The number of aryl methyl sites for hydroxylation is 1. The van der Waals surface area contributed by atoms with Gasteiger partial charge < -0.3 is 15.4 Å². The van der Waals surface area contributed by atoms with Crippen LogP contribution in [0.5, 0.6) is 5.75 Å². The summed E-state index contributed by atoms with van der Waals surface area (Å²) < 4.78 is 81.2. The van der Waals surface area contributed by atoms with Crippen molar-refractivity contribution in [3.8, 4) is 17.0 Å². The van der Waals surface area contributed by atoms with E-state index in [1.165, 1.54) is 24.3 Å². The van der Waals surface area contributed by atoms with Crippen LogP contribution in [0.4, 0.5) is 43.8 Å². The van der Waals surface area contributed by atoms with E-state index in [0.29, 0.717) is 11.1 Å². The van der Waals surface area contributed by atoms with E-state index in [1.54, 1.807) is 13.0 Å². The van der Waals surface area contributed by atoms with Gasteiger partial charge in [-0.05, 0) is 49.6 Å². The second-order valence-electron chi connectivity index (χ2n) is 7.61. The van der Waals surface area contributed by atoms with Gasteiger partial charge in [0.2, 0.25) is 5.95 Å². The van der Waals surface area contributed by atoms with Crippen LogP contribution in [0.1, 0.15) is 24.0 Å². The van der Waals surface area contributed by atoms with Gasteiger partial charge in [0.25, 0.3) is 0 Å². The fraction of sp³-hybridized carbons (Fsp3) is 0.273. The lowest BCUT2D eigenvalue weighted by atomic mass is 10.1. The van der Waals surface area contributed by atoms with E-state index in [1.807, 2.05) is 0 Å². The number of alkyl halides is 6. The standard InChI is InChI=1S/C22H18F6N4O/c1-12-5-6-14(21(23,24)25)10-17(12)30-19-11-18(31-20(32-19)29-15-7-8-15)13-3-2-4-16(9-13)33-22(26,27)28/h2-6,9-11,15H,7-8H2,1H3,(H2,29,30,31,32). The van der Waals surface area contributed by atoms with Crippen LogP contribution in [0.15, 0.2) is 48.5 Å². The Labute approximate surface area is 184 Å². The van der Waals surface area contributed by atoms with Crippen molar-refractivity contribution in [2.45, 2.75) is 38.3 Å². The number of anilines is 3. The van der Waals surface area contributed by atoms with Crippen LogP contribution in [0, 0.1) is 6.92 Å². The van der Waals surface area contributed by atoms with Gasteiger partial charge in [0.1, 0.15) is 11.6 Å². The van der Waals surface area contributed by atoms with Gasteiger partial charge in [-0.3, -0.25) is 0 Å². The Kier molecular flexibility index (Phi) is 5.81. The van der Waals surface area contributed by atoms with E-state index in [4.69, 9.17) is 0 Å². The first kappa shape index (κ1) is 22.7. The molecule has 1 saturated carbocycles. The first-order valence-electron chi connectivity index (χ1n) is 9.93. The lowest BCUT2D eigenvalue weighted by molar-refractivity contribution is -0.274. The zero-order valence-electron chi connectivity index (χ0n) is 17.2. The normalized spacial score (nSPS) is 14.2. The maximum atomic E-state index is 13.1. The molecule has 3 aromatic rings. The Balaban J connectivity index is 1.70. The van der Waals surface area contributed by atoms with Gasteiger partial charge in [0.05, 0.1) is 11.3 Å². The van der Waals surface area contributed by atoms with Crippen LogP contribution in [0.2, 0.25) is 0 Å². The largest absolute Gasteiger partial charge is 0.573 e. The topological polar surface area (TPSA) is 59.1 Å². The molecule has 0 radical (unpaired) electrons. The molecule has 174 valence electrons. The Morgan fingerprint density at radius 1 is 0.939 bits per heavy atom. The number of aromatic nitrogens is 2. The van der Waals surface area contributed by atoms with Gasteiger partial charge in [-0.25, -0.2) is 4.98 Å². The molecule has 0 spiro atoms. The third-order valence-electron chi connectivity index (χ3n) is 4.83. The van der Waals surface area contributed by atoms with E-state index in [0.717, 1.165) is 31.0 Å². The molecule has 33 heavy (non-hydrogen) atoms. The van der Waals surface area contributed by atoms with Gasteiger partial charge in [-0.15, -0.1) is 13.2 Å². The average Bonchev–Trinajstić information content (AvgIpc) is 3.51. The molecule has 1 fully saturated rings. The summed E-state index contributed by atoms with van der Waals surface area (Å²) in [6, 6.07) is 10.2. The van der Waals surface area contributed by atoms with E-state index in [2.05, 4.69) is 25.3 Å². The van der Waals surface area contributed by atoms with E-state index >= 15 is 0 Å². The van der Waals surface area contributed by atoms with E-state index < -0.39 is 23.9 Å². The monoisotopic (exact) mass is 468 g/mol. The van der Waals surface area contributed by atoms with Crippen LogP contribution in [-0.2, 0) is 6.18 Å². The predicted octanol–water partition coefficient (Wildman–Crippen LogP) is 6.69. The lowest BCUT2D eigenvalue weighted by Crippen LogP contribution is -2.17. The van der Waals surface area contributed by atoms with Crippen LogP contribution < -0.4 is 15.4 Å². The summed E-state index contributed by atoms with van der Waals surface area (Å²) in [6.07, 6.45) is -7.54. The van der Waals surface area contributed by atoms with Crippen LogP contribution in [-0.4, -0.2) is 22.4 Å². The highest BCUT2D eigenvalue weighted by molar-refractivity contribution is 5.69. The van der Waals surface area contributed by atoms with Crippen LogP contribution in [0.3, 0.4) is 0 Å². The van der Waals surface area contributed by atoms with Crippen molar-refractivity contribution in [1.29, 1.82) is 0 Å². The molecule has 1 aromatic heterocycles. The van der Waals surface area contributed by atoms with Crippen LogP contribution in [0.25, 0.3) is 11.3 Å². The Bertz CT molecular complexity index is 1160. The average molecular weight is 468 g/mol. The smallest absolute Gasteiger partial charge is 0.406 e. The van der Waals surface area contributed by atoms with Crippen molar-refractivity contribution in [1.82, 2.24) is 9.97 Å². The van der Waals surface area contributed by atoms with Gasteiger partial charge >= 0.3 is 12.5 Å². The number of hydrogen-bond acceptors (Lipinski definition) is 5. The molecule has 0 aliphatic heterocycles. The third-order valence-corrected chi connectivity index (χ3v) is 4.83. The fourth-order valence-electron chi connectivity index (χ4n) is 3.06. The Hall–Kier alpha value is -3.50. The number of nitrogens with one attached hydrogen (secondary N) is 2. The minimum Gasteiger partial charge on any atom is -0.406 e. The zero-order chi connectivity index (χ0) is 23.8. The molecule has 0 saturated heterocycles. The number of ether oxygens (including phenoxy) is 1. The lowest BCUT2D eigenvalue weighted by Gasteiger charge is -2.15. The Morgan fingerprint density at radius 3 is 2.36 bits per heavy atom. The molecule has 5 nitrogen and oxygen atoms in total. The van der Waals surface area contributed by atoms with Gasteiger partial charge in [-0.2, -0.15) is 18.2 Å². The minimum absolute atomic E-state index is 0.170. The van der Waals surface area contributed by atoms with Crippen molar-refractivity contribution < 1.29 is 31.1 Å². The summed E-state index contributed by atoms with van der Waals surface area (Å²) in [4.78, 5) is 8.69. The van der Waals surface area contributed by atoms with E-state index in [-0.39, 0.29) is 29.2 Å². The van der Waals surface area contributed by atoms with Crippen molar-refractivity contribution in [3.05, 3.63) is 59.7 Å². The molecule has 4 rings (SSSR count). The quantitative estimate of drug-likeness (QED) is 0.395. The highest BCUT2D eigenvalue weighted by atomic mass is 19.4. The fourth-order valence-corrected chi connectivity index (χ4v) is 3.06. The molecular formula is C22H18F6N4O. The van der Waals surface area contributed by atoms with Gasteiger partial charge in [0, 0.05) is 23.4 Å². The highest BCUT2D eigenvalue weighted by Crippen LogP contribution is 2.34. The van der Waals surface area contributed by atoms with Gasteiger partial charge in [-0.1, -0.05) is 18.2 Å². The summed E-state index contributed by atoms with van der Waals surface area (Å²) in [7, 11) is 0. The number of rotatable bonds is 6. The third kappa shape index (κ3) is 6.05. The molecule has 1 aliphatic rings. The number of nitrogens with zero attached hydrogens (tertiary/aromatic N) is 2. The SMILES string of the molecule is Cc1ccc(C(F)(F)F)cc1Nc1cc(-c2cccc(OC(F)(F)F)c2)nc(NC2CC2)n1. The molecule has 2 N–H and O–H groups in total. The second-order valence-corrected chi connectivity index (χ2v) is 7.61. The van der Waals surface area contributed by atoms with Gasteiger partial charge in [0.15, 0.2) is 0 Å². The summed E-state index contributed by atoms with van der Waals surface area (Å²) in [6.45, 7) is 1.64. The maximum absolute atomic E-state index is 13.1. The van der Waals surface area contributed by atoms with Crippen LogP contribution >= 0.6 is 0 Å². The summed E-state index contributed by atoms with van der Waals surface area (Å²) in [5, 5.41) is 5.98. The highest BCUT2D eigenvalue weighted by Gasteiger charge is 2.32. The number of halogens is 6. The minimum atomic E-state index is -4.85. The molecular weight excluding hydrogens is 450 g/mol. The first-order valence-corrected chi connectivity index (χ1v) is 9.93. The second kappa shape index (κ2) is 8.45. The summed E-state index contributed by atoms with van der Waals surface area (Å²) >= 11 is 0. The molecule has 0 bridgehead atoms. The zero-order valence-corrected chi connectivity index (χ0v) is 17.2. The van der Waals surface area contributed by atoms with Crippen molar-refractivity contribution in [2.24, 2.45) is 0 Å². The van der Waals surface area contributed by atoms with Crippen molar-refractivity contribution in [2.75, 3.05) is 10.6 Å².